The molecule has 0 bridgehead atoms. The van der Waals surface area contributed by atoms with Crippen molar-refractivity contribution in [3.8, 4) is 0 Å². The fourth-order valence-corrected chi connectivity index (χ4v) is 3.18. The zero-order chi connectivity index (χ0) is 14.6. The zero-order valence-corrected chi connectivity index (χ0v) is 12.8. The van der Waals surface area contributed by atoms with Crippen molar-refractivity contribution in [2.45, 2.75) is 9.79 Å². The van der Waals surface area contributed by atoms with Crippen LogP contribution in [-0.4, -0.2) is 43.4 Å². The Labute approximate surface area is 120 Å². The number of hydrogen-bond acceptors (Lipinski definition) is 5. The van der Waals surface area contributed by atoms with Gasteiger partial charge in [-0.3, -0.25) is 10.1 Å². The Kier molecular flexibility index (Phi) is 5.60. The average molecular weight is 325 g/mol. The summed E-state index contributed by atoms with van der Waals surface area (Å²) in [7, 11) is -0.932. The molecule has 9 heteroatoms. The molecule has 106 valence electrons. The summed E-state index contributed by atoms with van der Waals surface area (Å²) < 4.78 is 24.8. The largest absolute Gasteiger partial charge is 0.284 e. The molecule has 0 aliphatic heterocycles. The lowest BCUT2D eigenvalue weighted by atomic mass is 10.3. The molecule has 1 rings (SSSR count). The molecule has 0 saturated carbocycles. The van der Waals surface area contributed by atoms with Gasteiger partial charge in [-0.2, -0.15) is 0 Å². The van der Waals surface area contributed by atoms with Crippen LogP contribution in [0, 0.1) is 10.1 Å². The second-order valence-electron chi connectivity index (χ2n) is 3.71. The first-order valence-electron chi connectivity index (χ1n) is 5.20. The number of rotatable bonds is 6. The topological polar surface area (TPSA) is 80.5 Å². The maximum Gasteiger partial charge on any atom is 0.284 e. The quantitative estimate of drug-likeness (QED) is 0.347. The summed E-state index contributed by atoms with van der Waals surface area (Å²) in [6.07, 6.45) is 0. The van der Waals surface area contributed by atoms with E-state index in [-0.39, 0.29) is 10.6 Å². The lowest BCUT2D eigenvalue weighted by Gasteiger charge is -2.11. The highest BCUT2D eigenvalue weighted by molar-refractivity contribution is 7.99. The smallest absolute Gasteiger partial charge is 0.258 e. The third kappa shape index (κ3) is 3.82. The molecule has 0 N–H and O–H groups in total. The zero-order valence-electron chi connectivity index (χ0n) is 10.4. The number of alkyl halides is 1. The van der Waals surface area contributed by atoms with E-state index < -0.39 is 14.9 Å². The Morgan fingerprint density at radius 3 is 2.53 bits per heavy atom. The number of nitro groups is 1. The number of nitro benzene ring substituents is 1. The number of sulfonamides is 1. The maximum atomic E-state index is 11.9. The first kappa shape index (κ1) is 16.2. The van der Waals surface area contributed by atoms with Crippen LogP contribution in [0.3, 0.4) is 0 Å². The monoisotopic (exact) mass is 324 g/mol. The molecule has 0 saturated heterocycles. The molecule has 0 unspecified atom stereocenters. The van der Waals surface area contributed by atoms with E-state index >= 15 is 0 Å². The van der Waals surface area contributed by atoms with E-state index in [1.807, 2.05) is 0 Å². The number of hydrogen-bond donors (Lipinski definition) is 0. The molecule has 0 aliphatic carbocycles. The summed E-state index contributed by atoms with van der Waals surface area (Å²) in [6.45, 7) is 0. The van der Waals surface area contributed by atoms with Crippen LogP contribution < -0.4 is 0 Å². The minimum Gasteiger partial charge on any atom is -0.258 e. The van der Waals surface area contributed by atoms with Crippen LogP contribution >= 0.6 is 23.4 Å². The highest BCUT2D eigenvalue weighted by Crippen LogP contribution is 2.31. The minimum absolute atomic E-state index is 0.0978. The second kappa shape index (κ2) is 6.56. The van der Waals surface area contributed by atoms with Crippen LogP contribution in [0.15, 0.2) is 28.0 Å². The van der Waals surface area contributed by atoms with E-state index in [2.05, 4.69) is 0 Å². The minimum atomic E-state index is -3.68. The van der Waals surface area contributed by atoms with Crippen molar-refractivity contribution in [1.29, 1.82) is 0 Å². The van der Waals surface area contributed by atoms with Gasteiger partial charge in [-0.1, -0.05) is 0 Å². The van der Waals surface area contributed by atoms with Gasteiger partial charge in [-0.15, -0.1) is 23.4 Å². The third-order valence-electron chi connectivity index (χ3n) is 2.24. The summed E-state index contributed by atoms with van der Waals surface area (Å²) in [6, 6.07) is 3.87. The number of nitrogens with zero attached hydrogens (tertiary/aromatic N) is 2. The van der Waals surface area contributed by atoms with Gasteiger partial charge in [0.15, 0.2) is 0 Å². The van der Waals surface area contributed by atoms with Crippen LogP contribution in [0.1, 0.15) is 0 Å². The van der Waals surface area contributed by atoms with Crippen molar-refractivity contribution in [2.24, 2.45) is 0 Å². The summed E-state index contributed by atoms with van der Waals surface area (Å²) >= 11 is 6.76. The van der Waals surface area contributed by atoms with Gasteiger partial charge in [-0.25, -0.2) is 12.7 Å². The van der Waals surface area contributed by atoms with Crippen molar-refractivity contribution in [3.63, 3.8) is 0 Å². The molecule has 0 radical (unpaired) electrons. The molecule has 0 aliphatic rings. The molecule has 6 nitrogen and oxygen atoms in total. The van der Waals surface area contributed by atoms with Crippen molar-refractivity contribution in [1.82, 2.24) is 4.31 Å². The van der Waals surface area contributed by atoms with E-state index in [0.29, 0.717) is 16.5 Å². The van der Waals surface area contributed by atoms with Crippen LogP contribution in [0.5, 0.6) is 0 Å². The maximum absolute atomic E-state index is 11.9. The molecule has 19 heavy (non-hydrogen) atoms. The van der Waals surface area contributed by atoms with Crippen molar-refractivity contribution in [2.75, 3.05) is 25.7 Å². The summed E-state index contributed by atoms with van der Waals surface area (Å²) in [5.74, 6) is 0.877. The standard InChI is InChI=1S/C10H13ClN2O4S2/c1-12(2)19(16,17)8-3-4-10(18-6-5-11)9(7-8)13(14)15/h3-4,7H,5-6H2,1-2H3. The molecule has 0 aromatic heterocycles. The van der Waals surface area contributed by atoms with Gasteiger partial charge in [-0.05, 0) is 12.1 Å². The fourth-order valence-electron chi connectivity index (χ4n) is 1.28. The molecule has 0 fully saturated rings. The first-order valence-corrected chi connectivity index (χ1v) is 8.16. The van der Waals surface area contributed by atoms with E-state index in [9.17, 15) is 18.5 Å². The molecule has 0 heterocycles. The fraction of sp³-hybridized carbons (Fsp3) is 0.400. The normalized spacial score (nSPS) is 11.8. The predicted octanol–water partition coefficient (Wildman–Crippen LogP) is 2.18. The van der Waals surface area contributed by atoms with Crippen molar-refractivity contribution in [3.05, 3.63) is 28.3 Å². The van der Waals surface area contributed by atoms with Crippen molar-refractivity contribution >= 4 is 39.1 Å². The molecular weight excluding hydrogens is 312 g/mol. The highest BCUT2D eigenvalue weighted by Gasteiger charge is 2.23. The summed E-state index contributed by atoms with van der Waals surface area (Å²) in [4.78, 5) is 10.7. The molecule has 0 atom stereocenters. The second-order valence-corrected chi connectivity index (χ2v) is 7.38. The Morgan fingerprint density at radius 1 is 1.42 bits per heavy atom. The summed E-state index contributed by atoms with van der Waals surface area (Å²) in [5, 5.41) is 11.0. The predicted molar refractivity (Wildman–Crippen MR) is 75.4 cm³/mol. The van der Waals surface area contributed by atoms with Crippen LogP contribution in [-0.2, 0) is 10.0 Å². The van der Waals surface area contributed by atoms with Crippen molar-refractivity contribution < 1.29 is 13.3 Å². The Hall–Kier alpha value is -0.830. The van der Waals surface area contributed by atoms with E-state index in [0.717, 1.165) is 10.4 Å². The highest BCUT2D eigenvalue weighted by atomic mass is 35.5. The molecular formula is C10H13ClN2O4S2. The molecule has 0 spiro atoms. The number of benzene rings is 1. The van der Waals surface area contributed by atoms with Gasteiger partial charge in [0.25, 0.3) is 5.69 Å². The van der Waals surface area contributed by atoms with E-state index in [1.54, 1.807) is 0 Å². The lowest BCUT2D eigenvalue weighted by Crippen LogP contribution is -2.22. The number of thioether (sulfide) groups is 1. The van der Waals surface area contributed by atoms with Crippen LogP contribution in [0.25, 0.3) is 0 Å². The van der Waals surface area contributed by atoms with Gasteiger partial charge < -0.3 is 0 Å². The first-order chi connectivity index (χ1) is 8.80. The van der Waals surface area contributed by atoms with Crippen LogP contribution in [0.4, 0.5) is 5.69 Å². The van der Waals surface area contributed by atoms with Gasteiger partial charge in [0, 0.05) is 31.8 Å². The molecule has 0 amide bonds. The van der Waals surface area contributed by atoms with Gasteiger partial charge in [0.2, 0.25) is 10.0 Å². The third-order valence-corrected chi connectivity index (χ3v) is 5.53. The summed E-state index contributed by atoms with van der Waals surface area (Å²) in [5.41, 5.74) is -0.224. The van der Waals surface area contributed by atoms with Gasteiger partial charge >= 0.3 is 0 Å². The lowest BCUT2D eigenvalue weighted by molar-refractivity contribution is -0.388. The Balaban J connectivity index is 3.28. The average Bonchev–Trinajstić information content (AvgIpc) is 2.35. The molecule has 1 aromatic rings. The van der Waals surface area contributed by atoms with Gasteiger partial charge in [0.05, 0.1) is 14.7 Å². The van der Waals surface area contributed by atoms with E-state index in [4.69, 9.17) is 11.6 Å². The SMILES string of the molecule is CN(C)S(=O)(=O)c1ccc(SCCCl)c([N+](=O)[O-])c1. The van der Waals surface area contributed by atoms with Gasteiger partial charge in [0.1, 0.15) is 0 Å². The Bertz CT molecular complexity index is 575. The Morgan fingerprint density at radius 2 is 2.05 bits per heavy atom. The number of halogens is 1. The van der Waals surface area contributed by atoms with E-state index in [1.165, 1.54) is 38.0 Å². The van der Waals surface area contributed by atoms with Crippen LogP contribution in [0.2, 0.25) is 0 Å². The molecule has 1 aromatic carbocycles.